The third-order valence-electron chi connectivity index (χ3n) is 5.04. The number of carbonyl (C=O) groups excluding carboxylic acids is 3. The zero-order valence-electron chi connectivity index (χ0n) is 22.4. The van der Waals surface area contributed by atoms with Crippen LogP contribution in [0.5, 0.6) is 0 Å². The molecule has 36 heavy (non-hydrogen) atoms. The average Bonchev–Trinajstić information content (AvgIpc) is 2.78. The van der Waals surface area contributed by atoms with Crippen molar-refractivity contribution in [2.24, 2.45) is 0 Å². The van der Waals surface area contributed by atoms with Crippen molar-refractivity contribution in [1.29, 1.82) is 0 Å². The standard InChI is InChI=1S/C30H43NO5/c1-24(15-13-19-31-29(34)36-30(3,4)5)14-9-6-7-12-18-28(33)21-27(20-25(2)32)23-35-22-26-16-10-8-11-17-26/h8,10-12,16-18,20H,1,6-7,9,13-15,19,21-23H2,2-5H3,(H,31,34)/b18-12+,27-20+. The molecule has 0 saturated heterocycles. The van der Waals surface area contributed by atoms with E-state index >= 15 is 0 Å². The van der Waals surface area contributed by atoms with Crippen LogP contribution in [0.4, 0.5) is 4.79 Å². The number of amides is 1. The van der Waals surface area contributed by atoms with Gasteiger partial charge in [-0.25, -0.2) is 4.79 Å². The van der Waals surface area contributed by atoms with E-state index in [9.17, 15) is 14.4 Å². The molecule has 0 aliphatic rings. The number of ketones is 2. The summed E-state index contributed by atoms with van der Waals surface area (Å²) in [5.74, 6) is -0.126. The fraction of sp³-hybridized carbons (Fsp3) is 0.500. The molecular weight excluding hydrogens is 454 g/mol. The lowest BCUT2D eigenvalue weighted by molar-refractivity contribution is -0.114. The van der Waals surface area contributed by atoms with Gasteiger partial charge in [0.25, 0.3) is 0 Å². The first-order valence-corrected chi connectivity index (χ1v) is 12.7. The second-order valence-electron chi connectivity index (χ2n) is 9.97. The van der Waals surface area contributed by atoms with Crippen LogP contribution in [0.1, 0.15) is 78.2 Å². The van der Waals surface area contributed by atoms with Gasteiger partial charge < -0.3 is 14.8 Å². The average molecular weight is 498 g/mol. The SMILES string of the molecule is C=C(CCCC/C=C/C(=O)C/C(=C\C(C)=O)COCc1ccccc1)CCCNC(=O)OC(C)(C)C. The number of nitrogens with one attached hydrogen (secondary N) is 1. The summed E-state index contributed by atoms with van der Waals surface area (Å²) < 4.78 is 10.9. The molecule has 6 nitrogen and oxygen atoms in total. The normalized spacial score (nSPS) is 11.9. The Balaban J connectivity index is 2.20. The molecule has 0 saturated carbocycles. The molecule has 1 amide bonds. The molecule has 0 aromatic heterocycles. The quantitative estimate of drug-likeness (QED) is 0.148. The summed E-state index contributed by atoms with van der Waals surface area (Å²) in [5, 5.41) is 2.76. The molecule has 0 fully saturated rings. The summed E-state index contributed by atoms with van der Waals surface area (Å²) in [6.07, 6.45) is 10.2. The lowest BCUT2D eigenvalue weighted by atomic mass is 10.0. The van der Waals surface area contributed by atoms with E-state index in [1.807, 2.05) is 57.2 Å². The molecule has 1 N–H and O–H groups in total. The van der Waals surface area contributed by atoms with E-state index in [1.165, 1.54) is 13.0 Å². The molecule has 198 valence electrons. The van der Waals surface area contributed by atoms with Gasteiger partial charge in [0.05, 0.1) is 13.2 Å². The predicted molar refractivity (Wildman–Crippen MR) is 145 cm³/mol. The maximum atomic E-state index is 12.3. The van der Waals surface area contributed by atoms with E-state index in [0.717, 1.165) is 49.7 Å². The van der Waals surface area contributed by atoms with Gasteiger partial charge in [0, 0.05) is 13.0 Å². The number of alkyl carbamates (subject to hydrolysis) is 1. The van der Waals surface area contributed by atoms with Crippen molar-refractivity contribution in [3.63, 3.8) is 0 Å². The highest BCUT2D eigenvalue weighted by molar-refractivity contribution is 5.94. The molecular formula is C30H43NO5. The van der Waals surface area contributed by atoms with Gasteiger partial charge in [-0.1, -0.05) is 48.6 Å². The molecule has 0 bridgehead atoms. The number of allylic oxidation sites excluding steroid dienone is 4. The van der Waals surface area contributed by atoms with Gasteiger partial charge in [0.15, 0.2) is 11.6 Å². The van der Waals surface area contributed by atoms with Crippen LogP contribution < -0.4 is 5.32 Å². The third-order valence-corrected chi connectivity index (χ3v) is 5.04. The van der Waals surface area contributed by atoms with Crippen molar-refractivity contribution in [3.8, 4) is 0 Å². The highest BCUT2D eigenvalue weighted by Gasteiger charge is 2.15. The van der Waals surface area contributed by atoms with Gasteiger partial charge in [0.2, 0.25) is 0 Å². The summed E-state index contributed by atoms with van der Waals surface area (Å²) in [6.45, 7) is 12.4. The highest BCUT2D eigenvalue weighted by Crippen LogP contribution is 2.13. The Bertz CT molecular complexity index is 894. The largest absolute Gasteiger partial charge is 0.444 e. The van der Waals surface area contributed by atoms with Crippen LogP contribution in [-0.4, -0.2) is 36.4 Å². The Labute approximate surface area is 216 Å². The topological polar surface area (TPSA) is 81.7 Å². The van der Waals surface area contributed by atoms with Gasteiger partial charge in [-0.3, -0.25) is 9.59 Å². The molecule has 0 aliphatic carbocycles. The fourth-order valence-electron chi connectivity index (χ4n) is 3.41. The molecule has 1 aromatic carbocycles. The minimum Gasteiger partial charge on any atom is -0.444 e. The van der Waals surface area contributed by atoms with E-state index in [4.69, 9.17) is 9.47 Å². The number of unbranched alkanes of at least 4 members (excludes halogenated alkanes) is 2. The Morgan fingerprint density at radius 3 is 2.39 bits per heavy atom. The Morgan fingerprint density at radius 1 is 1.03 bits per heavy atom. The Kier molecular flexibility index (Phi) is 15.0. The molecule has 0 heterocycles. The van der Waals surface area contributed by atoms with Crippen LogP contribution in [0, 0.1) is 0 Å². The zero-order chi connectivity index (χ0) is 26.8. The predicted octanol–water partition coefficient (Wildman–Crippen LogP) is 6.66. The van der Waals surface area contributed by atoms with Crippen LogP contribution in [0.2, 0.25) is 0 Å². The number of carbonyl (C=O) groups is 3. The van der Waals surface area contributed by atoms with Gasteiger partial charge in [-0.2, -0.15) is 0 Å². The van der Waals surface area contributed by atoms with E-state index in [1.54, 1.807) is 6.08 Å². The first-order valence-electron chi connectivity index (χ1n) is 12.7. The van der Waals surface area contributed by atoms with Crippen molar-refractivity contribution in [2.75, 3.05) is 13.2 Å². The molecule has 1 aromatic rings. The molecule has 0 spiro atoms. The molecule has 6 heteroatoms. The number of benzene rings is 1. The summed E-state index contributed by atoms with van der Waals surface area (Å²) in [4.78, 5) is 35.5. The molecule has 1 rings (SSSR count). The summed E-state index contributed by atoms with van der Waals surface area (Å²) in [7, 11) is 0. The van der Waals surface area contributed by atoms with Crippen LogP contribution >= 0.6 is 0 Å². The van der Waals surface area contributed by atoms with E-state index in [2.05, 4.69) is 11.9 Å². The highest BCUT2D eigenvalue weighted by atomic mass is 16.6. The monoisotopic (exact) mass is 497 g/mol. The number of ether oxygens (including phenoxy) is 2. The molecule has 0 aliphatic heterocycles. The first kappa shape index (κ1) is 31.0. The van der Waals surface area contributed by atoms with E-state index in [-0.39, 0.29) is 24.6 Å². The maximum Gasteiger partial charge on any atom is 0.407 e. The van der Waals surface area contributed by atoms with Crippen LogP contribution in [0.25, 0.3) is 0 Å². The van der Waals surface area contributed by atoms with Crippen molar-refractivity contribution >= 4 is 17.7 Å². The minimum absolute atomic E-state index is 0.0345. The second kappa shape index (κ2) is 17.4. The lowest BCUT2D eigenvalue weighted by Gasteiger charge is -2.19. The van der Waals surface area contributed by atoms with Crippen LogP contribution in [-0.2, 0) is 25.7 Å². The Hall–Kier alpha value is -2.99. The van der Waals surface area contributed by atoms with Crippen molar-refractivity contribution in [2.45, 2.75) is 84.8 Å². The Morgan fingerprint density at radius 2 is 1.72 bits per heavy atom. The molecule has 0 atom stereocenters. The minimum atomic E-state index is -0.489. The number of hydrogen-bond donors (Lipinski definition) is 1. The van der Waals surface area contributed by atoms with Crippen molar-refractivity contribution < 1.29 is 23.9 Å². The lowest BCUT2D eigenvalue weighted by Crippen LogP contribution is -2.33. The van der Waals surface area contributed by atoms with E-state index in [0.29, 0.717) is 18.7 Å². The van der Waals surface area contributed by atoms with Gasteiger partial charge >= 0.3 is 6.09 Å². The fourth-order valence-corrected chi connectivity index (χ4v) is 3.41. The smallest absolute Gasteiger partial charge is 0.407 e. The van der Waals surface area contributed by atoms with Crippen molar-refractivity contribution in [1.82, 2.24) is 5.32 Å². The number of hydrogen-bond acceptors (Lipinski definition) is 5. The molecule has 0 radical (unpaired) electrons. The van der Waals surface area contributed by atoms with Gasteiger partial charge in [-0.15, -0.1) is 0 Å². The summed E-state index contributed by atoms with van der Waals surface area (Å²) >= 11 is 0. The number of rotatable bonds is 17. The summed E-state index contributed by atoms with van der Waals surface area (Å²) in [5.41, 5.74) is 2.41. The third kappa shape index (κ3) is 17.4. The van der Waals surface area contributed by atoms with Gasteiger partial charge in [-0.05, 0) is 89.5 Å². The second-order valence-corrected chi connectivity index (χ2v) is 9.97. The van der Waals surface area contributed by atoms with Gasteiger partial charge in [0.1, 0.15) is 5.60 Å². The van der Waals surface area contributed by atoms with Crippen LogP contribution in [0.3, 0.4) is 0 Å². The molecule has 0 unspecified atom stereocenters. The zero-order valence-corrected chi connectivity index (χ0v) is 22.4. The van der Waals surface area contributed by atoms with Crippen LogP contribution in [0.15, 0.2) is 66.3 Å². The van der Waals surface area contributed by atoms with Crippen molar-refractivity contribution in [3.05, 3.63) is 71.8 Å². The first-order chi connectivity index (χ1) is 17.0. The summed E-state index contributed by atoms with van der Waals surface area (Å²) in [6, 6.07) is 9.79. The maximum absolute atomic E-state index is 12.3. The van der Waals surface area contributed by atoms with E-state index < -0.39 is 11.7 Å².